The molecule has 3 rings (SSSR count). The second kappa shape index (κ2) is 8.73. The summed E-state index contributed by atoms with van der Waals surface area (Å²) in [5, 5.41) is 5.46. The zero-order valence-corrected chi connectivity index (χ0v) is 15.4. The zero-order valence-electron chi connectivity index (χ0n) is 15.4. The first-order valence-electron chi connectivity index (χ1n) is 8.77. The molecule has 0 bridgehead atoms. The SMILES string of the molecule is CC(=O)Nc1cccc(NC(=O)C[n+]2ccc(C(=O)c3ccccc3)cc2)c1. The highest BCUT2D eigenvalue weighted by Gasteiger charge is 2.13. The molecule has 0 aliphatic rings. The van der Waals surface area contributed by atoms with E-state index in [1.807, 2.05) is 18.2 Å². The van der Waals surface area contributed by atoms with Crippen LogP contribution in [0.4, 0.5) is 11.4 Å². The number of nitrogens with one attached hydrogen (secondary N) is 2. The fourth-order valence-corrected chi connectivity index (χ4v) is 2.71. The third kappa shape index (κ3) is 5.11. The van der Waals surface area contributed by atoms with Crippen LogP contribution in [-0.4, -0.2) is 17.6 Å². The summed E-state index contributed by atoms with van der Waals surface area (Å²) in [6, 6.07) is 19.4. The number of nitrogens with zero attached hydrogens (tertiary/aromatic N) is 1. The second-order valence-corrected chi connectivity index (χ2v) is 6.26. The van der Waals surface area contributed by atoms with Crippen LogP contribution in [0.3, 0.4) is 0 Å². The molecule has 0 spiro atoms. The molecule has 6 heteroatoms. The number of aromatic nitrogens is 1. The van der Waals surface area contributed by atoms with Crippen molar-refractivity contribution in [3.05, 3.63) is 90.3 Å². The van der Waals surface area contributed by atoms with E-state index in [9.17, 15) is 14.4 Å². The van der Waals surface area contributed by atoms with Gasteiger partial charge in [-0.15, -0.1) is 0 Å². The first-order valence-corrected chi connectivity index (χ1v) is 8.77. The number of hydrogen-bond donors (Lipinski definition) is 2. The molecule has 0 saturated carbocycles. The van der Waals surface area contributed by atoms with Crippen molar-refractivity contribution in [2.45, 2.75) is 13.5 Å². The van der Waals surface area contributed by atoms with Crippen LogP contribution in [0.2, 0.25) is 0 Å². The Kier molecular flexibility index (Phi) is 5.91. The van der Waals surface area contributed by atoms with Crippen molar-refractivity contribution >= 4 is 29.0 Å². The largest absolute Gasteiger partial charge is 0.326 e. The van der Waals surface area contributed by atoms with Gasteiger partial charge in [-0.25, -0.2) is 0 Å². The molecule has 0 fully saturated rings. The van der Waals surface area contributed by atoms with Crippen LogP contribution in [0, 0.1) is 0 Å². The van der Waals surface area contributed by atoms with Gasteiger partial charge >= 0.3 is 0 Å². The average molecular weight is 374 g/mol. The van der Waals surface area contributed by atoms with E-state index in [-0.39, 0.29) is 24.1 Å². The van der Waals surface area contributed by atoms with Gasteiger partial charge in [-0.3, -0.25) is 14.4 Å². The number of amides is 2. The van der Waals surface area contributed by atoms with Crippen molar-refractivity contribution in [3.63, 3.8) is 0 Å². The average Bonchev–Trinajstić information content (AvgIpc) is 2.68. The summed E-state index contributed by atoms with van der Waals surface area (Å²) < 4.78 is 1.69. The molecule has 0 aliphatic heterocycles. The Balaban J connectivity index is 1.62. The first kappa shape index (κ1) is 19.0. The van der Waals surface area contributed by atoms with E-state index in [4.69, 9.17) is 0 Å². The molecule has 140 valence electrons. The van der Waals surface area contributed by atoms with Gasteiger partial charge in [0.2, 0.25) is 12.5 Å². The Labute approximate surface area is 162 Å². The maximum Gasteiger partial charge on any atom is 0.290 e. The van der Waals surface area contributed by atoms with Crippen molar-refractivity contribution in [2.75, 3.05) is 10.6 Å². The summed E-state index contributed by atoms with van der Waals surface area (Å²) in [7, 11) is 0. The predicted octanol–water partition coefficient (Wildman–Crippen LogP) is 2.80. The lowest BCUT2D eigenvalue weighted by molar-refractivity contribution is -0.684. The first-order chi connectivity index (χ1) is 13.5. The Morgan fingerprint density at radius 1 is 0.786 bits per heavy atom. The monoisotopic (exact) mass is 374 g/mol. The van der Waals surface area contributed by atoms with E-state index >= 15 is 0 Å². The Bertz CT molecular complexity index is 999. The van der Waals surface area contributed by atoms with Crippen LogP contribution in [0.25, 0.3) is 0 Å². The quantitative estimate of drug-likeness (QED) is 0.514. The van der Waals surface area contributed by atoms with Gasteiger partial charge < -0.3 is 10.6 Å². The lowest BCUT2D eigenvalue weighted by Gasteiger charge is -2.06. The molecule has 6 nitrogen and oxygen atoms in total. The minimum atomic E-state index is -0.216. The van der Waals surface area contributed by atoms with Gasteiger partial charge in [0.15, 0.2) is 18.2 Å². The molecule has 28 heavy (non-hydrogen) atoms. The molecule has 0 atom stereocenters. The summed E-state index contributed by atoms with van der Waals surface area (Å²) in [6.07, 6.45) is 3.40. The minimum absolute atomic E-state index is 0.0630. The molecule has 2 N–H and O–H groups in total. The van der Waals surface area contributed by atoms with Gasteiger partial charge in [0.1, 0.15) is 0 Å². The van der Waals surface area contributed by atoms with Crippen LogP contribution < -0.4 is 15.2 Å². The van der Waals surface area contributed by atoms with Crippen LogP contribution in [0.1, 0.15) is 22.8 Å². The summed E-state index contributed by atoms with van der Waals surface area (Å²) in [5.41, 5.74) is 2.39. The number of ketones is 1. The van der Waals surface area contributed by atoms with Crippen molar-refractivity contribution in [2.24, 2.45) is 0 Å². The summed E-state index contributed by atoms with van der Waals surface area (Å²) >= 11 is 0. The molecule has 1 heterocycles. The van der Waals surface area contributed by atoms with E-state index in [0.717, 1.165) is 0 Å². The van der Waals surface area contributed by atoms with E-state index in [2.05, 4.69) is 10.6 Å². The molecule has 0 aliphatic carbocycles. The molecule has 0 unspecified atom stereocenters. The third-order valence-electron chi connectivity index (χ3n) is 3.98. The fraction of sp³-hybridized carbons (Fsp3) is 0.0909. The second-order valence-electron chi connectivity index (χ2n) is 6.26. The van der Waals surface area contributed by atoms with Crippen LogP contribution in [0.15, 0.2) is 79.1 Å². The number of hydrogen-bond acceptors (Lipinski definition) is 3. The molecule has 3 aromatic rings. The Morgan fingerprint density at radius 2 is 1.39 bits per heavy atom. The smallest absolute Gasteiger partial charge is 0.290 e. The Morgan fingerprint density at radius 3 is 2.04 bits per heavy atom. The lowest BCUT2D eigenvalue weighted by Crippen LogP contribution is -2.39. The van der Waals surface area contributed by atoms with Gasteiger partial charge in [0.25, 0.3) is 5.91 Å². The summed E-state index contributed by atoms with van der Waals surface area (Å²) in [4.78, 5) is 35.8. The van der Waals surface area contributed by atoms with Gasteiger partial charge in [0, 0.05) is 41.6 Å². The number of carbonyl (C=O) groups excluding carboxylic acids is 3. The molecular weight excluding hydrogens is 354 g/mol. The minimum Gasteiger partial charge on any atom is -0.326 e. The van der Waals surface area contributed by atoms with Gasteiger partial charge in [-0.05, 0) is 18.2 Å². The molecular formula is C22H20N3O3+. The van der Waals surface area contributed by atoms with Crippen molar-refractivity contribution in [3.8, 4) is 0 Å². The van der Waals surface area contributed by atoms with Crippen molar-refractivity contribution in [1.29, 1.82) is 0 Å². The van der Waals surface area contributed by atoms with Crippen LogP contribution >= 0.6 is 0 Å². The molecule has 0 radical (unpaired) electrons. The van der Waals surface area contributed by atoms with Crippen LogP contribution in [0.5, 0.6) is 0 Å². The normalized spacial score (nSPS) is 10.2. The maximum atomic E-state index is 12.4. The summed E-state index contributed by atoms with van der Waals surface area (Å²) in [6.45, 7) is 1.53. The topological polar surface area (TPSA) is 79.2 Å². The van der Waals surface area contributed by atoms with Crippen molar-refractivity contribution < 1.29 is 19.0 Å². The number of carbonyl (C=O) groups is 3. The zero-order chi connectivity index (χ0) is 19.9. The number of rotatable bonds is 6. The van der Waals surface area contributed by atoms with Gasteiger partial charge in [-0.1, -0.05) is 36.4 Å². The standard InChI is InChI=1S/C22H19N3O3/c1-16(26)23-19-8-5-9-20(14-19)24-21(27)15-25-12-10-18(11-13-25)22(28)17-6-3-2-4-7-17/h2-14H,15H2,1H3,(H-,23,24,26,27)/p+1. The highest BCUT2D eigenvalue weighted by Crippen LogP contribution is 2.15. The van der Waals surface area contributed by atoms with Crippen molar-refractivity contribution in [1.82, 2.24) is 0 Å². The fourth-order valence-electron chi connectivity index (χ4n) is 2.71. The predicted molar refractivity (Wildman–Crippen MR) is 106 cm³/mol. The van der Waals surface area contributed by atoms with Crippen LogP contribution in [-0.2, 0) is 16.1 Å². The Hall–Kier alpha value is -3.80. The number of pyridine rings is 1. The lowest BCUT2D eigenvalue weighted by atomic mass is 10.0. The highest BCUT2D eigenvalue weighted by molar-refractivity contribution is 6.08. The highest BCUT2D eigenvalue weighted by atomic mass is 16.2. The van der Waals surface area contributed by atoms with E-state index in [0.29, 0.717) is 22.5 Å². The molecule has 2 amide bonds. The molecule has 2 aromatic carbocycles. The van der Waals surface area contributed by atoms with E-state index in [1.54, 1.807) is 65.5 Å². The van der Waals surface area contributed by atoms with Gasteiger partial charge in [-0.2, -0.15) is 4.57 Å². The number of anilines is 2. The van der Waals surface area contributed by atoms with Gasteiger partial charge in [0.05, 0.1) is 0 Å². The maximum absolute atomic E-state index is 12.4. The summed E-state index contributed by atoms with van der Waals surface area (Å²) in [5.74, 6) is -0.455. The molecule has 1 aromatic heterocycles. The molecule has 0 saturated heterocycles. The van der Waals surface area contributed by atoms with E-state index in [1.165, 1.54) is 6.92 Å². The number of benzene rings is 2. The third-order valence-corrected chi connectivity index (χ3v) is 3.98. The van der Waals surface area contributed by atoms with E-state index < -0.39 is 0 Å².